The maximum atomic E-state index is 13.0. The highest BCUT2D eigenvalue weighted by atomic mass is 16.5. The quantitative estimate of drug-likeness (QED) is 0.420. The SMILES string of the molecule is COc1cccc(/C(O)=C2/C(=O)C(=O)N(c3ccccc3)C2c2ccncc2)c1. The first-order valence-electron chi connectivity index (χ1n) is 9.02. The number of aromatic nitrogens is 1. The summed E-state index contributed by atoms with van der Waals surface area (Å²) in [5, 5.41) is 11.0. The van der Waals surface area contributed by atoms with Gasteiger partial charge in [0.15, 0.2) is 0 Å². The number of carbonyl (C=O) groups is 2. The predicted octanol–water partition coefficient (Wildman–Crippen LogP) is 3.72. The van der Waals surface area contributed by atoms with Crippen LogP contribution < -0.4 is 9.64 Å². The van der Waals surface area contributed by atoms with E-state index in [2.05, 4.69) is 4.98 Å². The van der Waals surface area contributed by atoms with Crippen molar-refractivity contribution in [3.8, 4) is 5.75 Å². The molecule has 0 aliphatic carbocycles. The number of Topliss-reactive ketones (excluding diaryl/α,β-unsaturated/α-hetero) is 1. The Hall–Kier alpha value is -3.93. The molecule has 1 atom stereocenters. The van der Waals surface area contributed by atoms with E-state index in [4.69, 9.17) is 4.74 Å². The molecule has 3 aromatic rings. The van der Waals surface area contributed by atoms with Gasteiger partial charge in [0.25, 0.3) is 11.7 Å². The summed E-state index contributed by atoms with van der Waals surface area (Å²) in [5.41, 5.74) is 1.67. The number of nitrogens with zero attached hydrogens (tertiary/aromatic N) is 2. The Kier molecular flexibility index (Phi) is 4.83. The molecule has 144 valence electrons. The maximum absolute atomic E-state index is 13.0. The van der Waals surface area contributed by atoms with E-state index in [1.165, 1.54) is 12.0 Å². The third kappa shape index (κ3) is 3.25. The van der Waals surface area contributed by atoms with Gasteiger partial charge in [-0.2, -0.15) is 0 Å². The number of aliphatic hydroxyl groups is 1. The maximum Gasteiger partial charge on any atom is 0.300 e. The molecule has 1 aliphatic rings. The first-order valence-corrected chi connectivity index (χ1v) is 9.02. The van der Waals surface area contributed by atoms with E-state index >= 15 is 0 Å². The fourth-order valence-corrected chi connectivity index (χ4v) is 3.47. The van der Waals surface area contributed by atoms with Gasteiger partial charge in [-0.1, -0.05) is 30.3 Å². The number of para-hydroxylation sites is 1. The van der Waals surface area contributed by atoms with Crippen molar-refractivity contribution in [2.75, 3.05) is 12.0 Å². The smallest absolute Gasteiger partial charge is 0.300 e. The standard InChI is InChI=1S/C23H18N2O4/c1-29-18-9-5-6-16(14-18)21(26)19-20(15-10-12-24-13-11-15)25(23(28)22(19)27)17-7-3-2-4-8-17/h2-14,20,26H,1H3/b21-19-. The Labute approximate surface area is 167 Å². The minimum atomic E-state index is -0.772. The highest BCUT2D eigenvalue weighted by molar-refractivity contribution is 6.51. The zero-order valence-electron chi connectivity index (χ0n) is 15.6. The zero-order chi connectivity index (χ0) is 20.4. The van der Waals surface area contributed by atoms with Crippen LogP contribution in [0.5, 0.6) is 5.75 Å². The third-order valence-corrected chi connectivity index (χ3v) is 4.84. The first kappa shape index (κ1) is 18.4. The summed E-state index contributed by atoms with van der Waals surface area (Å²) >= 11 is 0. The number of methoxy groups -OCH3 is 1. The second kappa shape index (κ2) is 7.59. The molecule has 0 radical (unpaired) electrons. The van der Waals surface area contributed by atoms with Crippen LogP contribution >= 0.6 is 0 Å². The number of aliphatic hydroxyl groups excluding tert-OH is 1. The lowest BCUT2D eigenvalue weighted by molar-refractivity contribution is -0.132. The van der Waals surface area contributed by atoms with Crippen molar-refractivity contribution in [2.45, 2.75) is 6.04 Å². The monoisotopic (exact) mass is 386 g/mol. The minimum absolute atomic E-state index is 0.0262. The molecular formula is C23H18N2O4. The van der Waals surface area contributed by atoms with Gasteiger partial charge in [-0.3, -0.25) is 19.5 Å². The number of hydrogen-bond acceptors (Lipinski definition) is 5. The lowest BCUT2D eigenvalue weighted by Crippen LogP contribution is -2.29. The van der Waals surface area contributed by atoms with Gasteiger partial charge in [-0.25, -0.2) is 0 Å². The van der Waals surface area contributed by atoms with Gasteiger partial charge in [0, 0.05) is 23.6 Å². The summed E-state index contributed by atoms with van der Waals surface area (Å²) in [7, 11) is 1.52. The van der Waals surface area contributed by atoms with E-state index in [1.807, 2.05) is 6.07 Å². The van der Waals surface area contributed by atoms with E-state index in [1.54, 1.807) is 73.1 Å². The van der Waals surface area contributed by atoms with Crippen molar-refractivity contribution < 1.29 is 19.4 Å². The number of ether oxygens (including phenoxy) is 1. The molecule has 2 heterocycles. The number of rotatable bonds is 4. The molecule has 6 nitrogen and oxygen atoms in total. The van der Waals surface area contributed by atoms with E-state index in [9.17, 15) is 14.7 Å². The van der Waals surface area contributed by atoms with Crippen molar-refractivity contribution in [1.29, 1.82) is 0 Å². The number of anilines is 1. The Morgan fingerprint density at radius 3 is 2.41 bits per heavy atom. The molecule has 1 N–H and O–H groups in total. The second-order valence-corrected chi connectivity index (χ2v) is 6.52. The molecule has 1 fully saturated rings. The Morgan fingerprint density at radius 1 is 1.00 bits per heavy atom. The molecule has 1 unspecified atom stereocenters. The van der Waals surface area contributed by atoms with Crippen LogP contribution in [0.2, 0.25) is 0 Å². The lowest BCUT2D eigenvalue weighted by Gasteiger charge is -2.25. The molecule has 4 rings (SSSR count). The van der Waals surface area contributed by atoms with Crippen LogP contribution in [0.4, 0.5) is 5.69 Å². The van der Waals surface area contributed by atoms with Gasteiger partial charge in [-0.15, -0.1) is 0 Å². The third-order valence-electron chi connectivity index (χ3n) is 4.84. The summed E-state index contributed by atoms with van der Waals surface area (Å²) in [5.74, 6) is -1.15. The van der Waals surface area contributed by atoms with Gasteiger partial charge in [-0.05, 0) is 42.0 Å². The topological polar surface area (TPSA) is 79.7 Å². The molecule has 6 heteroatoms. The molecule has 1 amide bonds. The molecule has 0 bridgehead atoms. The number of carbonyl (C=O) groups excluding carboxylic acids is 2. The van der Waals surface area contributed by atoms with Crippen LogP contribution in [-0.2, 0) is 9.59 Å². The number of benzene rings is 2. The minimum Gasteiger partial charge on any atom is -0.507 e. The van der Waals surface area contributed by atoms with E-state index in [0.717, 1.165) is 0 Å². The van der Waals surface area contributed by atoms with E-state index < -0.39 is 17.7 Å². The van der Waals surface area contributed by atoms with Crippen molar-refractivity contribution in [2.24, 2.45) is 0 Å². The Morgan fingerprint density at radius 2 is 1.72 bits per heavy atom. The van der Waals surface area contributed by atoms with Crippen LogP contribution in [0.15, 0.2) is 84.7 Å². The van der Waals surface area contributed by atoms with Crippen LogP contribution in [-0.4, -0.2) is 28.9 Å². The van der Waals surface area contributed by atoms with Gasteiger partial charge < -0.3 is 9.84 Å². The van der Waals surface area contributed by atoms with Crippen molar-refractivity contribution in [3.05, 3.63) is 95.8 Å². The fourth-order valence-electron chi connectivity index (χ4n) is 3.47. The largest absolute Gasteiger partial charge is 0.507 e. The van der Waals surface area contributed by atoms with Gasteiger partial charge >= 0.3 is 0 Å². The van der Waals surface area contributed by atoms with Crippen LogP contribution in [0.25, 0.3) is 5.76 Å². The van der Waals surface area contributed by atoms with Crippen LogP contribution in [0.1, 0.15) is 17.2 Å². The van der Waals surface area contributed by atoms with Crippen LogP contribution in [0.3, 0.4) is 0 Å². The summed E-state index contributed by atoms with van der Waals surface area (Å²) in [6.07, 6.45) is 3.18. The molecule has 2 aromatic carbocycles. The molecule has 1 saturated heterocycles. The second-order valence-electron chi connectivity index (χ2n) is 6.52. The summed E-state index contributed by atoms with van der Waals surface area (Å²) in [6, 6.07) is 18.3. The van der Waals surface area contributed by atoms with Gasteiger partial charge in [0.2, 0.25) is 0 Å². The van der Waals surface area contributed by atoms with Gasteiger partial charge in [0.05, 0.1) is 18.7 Å². The molecule has 29 heavy (non-hydrogen) atoms. The summed E-state index contributed by atoms with van der Waals surface area (Å²) < 4.78 is 5.21. The van der Waals surface area contributed by atoms with Crippen molar-refractivity contribution >= 4 is 23.1 Å². The normalized spacial score (nSPS) is 18.1. The molecule has 1 aromatic heterocycles. The molecule has 0 spiro atoms. The number of hydrogen-bond donors (Lipinski definition) is 1. The molecule has 0 saturated carbocycles. The van der Waals surface area contributed by atoms with Crippen molar-refractivity contribution in [1.82, 2.24) is 4.98 Å². The van der Waals surface area contributed by atoms with Crippen LogP contribution in [0, 0.1) is 0 Å². The lowest BCUT2D eigenvalue weighted by atomic mass is 9.95. The number of pyridine rings is 1. The zero-order valence-corrected chi connectivity index (χ0v) is 15.6. The highest BCUT2D eigenvalue weighted by Gasteiger charge is 2.46. The molecular weight excluding hydrogens is 368 g/mol. The first-order chi connectivity index (χ1) is 14.1. The Balaban J connectivity index is 1.94. The fraction of sp³-hybridized carbons (Fsp3) is 0.0870. The molecule has 1 aliphatic heterocycles. The van der Waals surface area contributed by atoms with E-state index in [0.29, 0.717) is 22.6 Å². The summed E-state index contributed by atoms with van der Waals surface area (Å²) in [4.78, 5) is 31.4. The van der Waals surface area contributed by atoms with E-state index in [-0.39, 0.29) is 11.3 Å². The van der Waals surface area contributed by atoms with Crippen molar-refractivity contribution in [3.63, 3.8) is 0 Å². The predicted molar refractivity (Wildman–Crippen MR) is 108 cm³/mol. The van der Waals surface area contributed by atoms with Gasteiger partial charge in [0.1, 0.15) is 11.5 Å². The average molecular weight is 386 g/mol. The number of ketones is 1. The Bertz CT molecular complexity index is 1090. The average Bonchev–Trinajstić information content (AvgIpc) is 3.05. The number of amides is 1. The highest BCUT2D eigenvalue weighted by Crippen LogP contribution is 2.42. The summed E-state index contributed by atoms with van der Waals surface area (Å²) in [6.45, 7) is 0.